The van der Waals surface area contributed by atoms with Crippen molar-refractivity contribution in [2.75, 3.05) is 6.54 Å². The molecule has 2 aromatic rings. The molecule has 0 saturated heterocycles. The monoisotopic (exact) mass is 393 g/mol. The van der Waals surface area contributed by atoms with Gasteiger partial charge in [0.15, 0.2) is 17.5 Å². The molecule has 1 aromatic heterocycles. The first-order chi connectivity index (χ1) is 12.6. The zero-order valence-electron chi connectivity index (χ0n) is 13.6. The van der Waals surface area contributed by atoms with Gasteiger partial charge in [0.25, 0.3) is 0 Å². The number of carbonyl (C=O) groups is 1. The molecule has 0 aliphatic carbocycles. The summed E-state index contributed by atoms with van der Waals surface area (Å²) in [5.41, 5.74) is 5.45. The highest BCUT2D eigenvalue weighted by Gasteiger charge is 2.40. The minimum absolute atomic E-state index is 0.0619. The summed E-state index contributed by atoms with van der Waals surface area (Å²) >= 11 is 0. The van der Waals surface area contributed by atoms with E-state index in [1.165, 1.54) is 0 Å². The van der Waals surface area contributed by atoms with Crippen LogP contribution in [-0.2, 0) is 30.5 Å². The van der Waals surface area contributed by atoms with Crippen LogP contribution in [0.2, 0.25) is 0 Å². The number of amides is 1. The molecule has 1 aromatic carbocycles. The molecule has 0 saturated carbocycles. The summed E-state index contributed by atoms with van der Waals surface area (Å²) in [6.07, 6.45) is -5.07. The van der Waals surface area contributed by atoms with Crippen molar-refractivity contribution >= 4 is 5.91 Å². The number of benzene rings is 1. The number of aromatic nitrogens is 3. The van der Waals surface area contributed by atoms with Gasteiger partial charge in [0.05, 0.1) is 12.6 Å². The Morgan fingerprint density at radius 1 is 1.11 bits per heavy atom. The van der Waals surface area contributed by atoms with E-state index in [4.69, 9.17) is 5.73 Å². The van der Waals surface area contributed by atoms with Crippen LogP contribution in [0.25, 0.3) is 0 Å². The van der Waals surface area contributed by atoms with Crippen LogP contribution in [-0.4, -0.2) is 38.2 Å². The molecule has 1 aliphatic rings. The van der Waals surface area contributed by atoms with Gasteiger partial charge in [0, 0.05) is 19.2 Å². The Labute approximate surface area is 148 Å². The second kappa shape index (κ2) is 6.83. The fourth-order valence-electron chi connectivity index (χ4n) is 2.83. The molecular formula is C15H13F6N5O. The highest BCUT2D eigenvalue weighted by molar-refractivity contribution is 5.82. The SMILES string of the molecule is NC(Cc1cc(F)c(F)cc1F)C(=O)N1CCn2c(nnc2C(F)(F)F)C1. The molecule has 0 fully saturated rings. The Morgan fingerprint density at radius 2 is 1.78 bits per heavy atom. The number of fused-ring (bicyclic) bond motifs is 1. The van der Waals surface area contributed by atoms with E-state index >= 15 is 0 Å². The molecule has 6 nitrogen and oxygen atoms in total. The molecule has 3 rings (SSSR count). The first-order valence-corrected chi connectivity index (χ1v) is 7.75. The van der Waals surface area contributed by atoms with Gasteiger partial charge in [0.1, 0.15) is 5.82 Å². The maximum absolute atomic E-state index is 13.7. The topological polar surface area (TPSA) is 77.0 Å². The highest BCUT2D eigenvalue weighted by atomic mass is 19.4. The fraction of sp³-hybridized carbons (Fsp3) is 0.400. The van der Waals surface area contributed by atoms with Crippen LogP contribution < -0.4 is 5.73 Å². The number of rotatable bonds is 3. The van der Waals surface area contributed by atoms with Crippen LogP contribution in [0.15, 0.2) is 12.1 Å². The van der Waals surface area contributed by atoms with Gasteiger partial charge in [0.2, 0.25) is 11.7 Å². The maximum atomic E-state index is 13.7. The van der Waals surface area contributed by atoms with Crippen molar-refractivity contribution in [2.24, 2.45) is 5.73 Å². The number of alkyl halides is 3. The minimum Gasteiger partial charge on any atom is -0.332 e. The summed E-state index contributed by atoms with van der Waals surface area (Å²) in [6, 6.07) is -0.328. The molecule has 2 N–H and O–H groups in total. The number of hydrogen-bond acceptors (Lipinski definition) is 4. The van der Waals surface area contributed by atoms with Crippen molar-refractivity contribution in [3.63, 3.8) is 0 Å². The van der Waals surface area contributed by atoms with Gasteiger partial charge in [-0.2, -0.15) is 13.2 Å². The molecule has 1 unspecified atom stereocenters. The number of nitrogens with zero attached hydrogens (tertiary/aromatic N) is 4. The Morgan fingerprint density at radius 3 is 2.44 bits per heavy atom. The third-order valence-corrected chi connectivity index (χ3v) is 4.16. The van der Waals surface area contributed by atoms with E-state index < -0.39 is 47.8 Å². The van der Waals surface area contributed by atoms with E-state index in [0.717, 1.165) is 9.47 Å². The van der Waals surface area contributed by atoms with Gasteiger partial charge >= 0.3 is 6.18 Å². The fourth-order valence-corrected chi connectivity index (χ4v) is 2.83. The van der Waals surface area contributed by atoms with Gasteiger partial charge in [-0.05, 0) is 18.1 Å². The molecule has 1 amide bonds. The Kier molecular flexibility index (Phi) is 4.84. The lowest BCUT2D eigenvalue weighted by atomic mass is 10.0. The third kappa shape index (κ3) is 3.75. The zero-order chi connectivity index (χ0) is 19.9. The third-order valence-electron chi connectivity index (χ3n) is 4.16. The molecule has 2 heterocycles. The van der Waals surface area contributed by atoms with Crippen molar-refractivity contribution in [3.8, 4) is 0 Å². The summed E-state index contributed by atoms with van der Waals surface area (Å²) in [7, 11) is 0. The molecule has 27 heavy (non-hydrogen) atoms. The van der Waals surface area contributed by atoms with Gasteiger partial charge in [-0.25, -0.2) is 13.2 Å². The quantitative estimate of drug-likeness (QED) is 0.635. The molecule has 1 atom stereocenters. The van der Waals surface area contributed by atoms with Gasteiger partial charge < -0.3 is 15.2 Å². The summed E-state index contributed by atoms with van der Waals surface area (Å²) in [6.45, 7) is -0.522. The number of nitrogens with two attached hydrogens (primary N) is 1. The van der Waals surface area contributed by atoms with E-state index in [0.29, 0.717) is 12.1 Å². The Bertz CT molecular complexity index is 880. The molecule has 1 aliphatic heterocycles. The lowest BCUT2D eigenvalue weighted by Crippen LogP contribution is -2.48. The average molecular weight is 393 g/mol. The van der Waals surface area contributed by atoms with E-state index in [2.05, 4.69) is 10.2 Å². The zero-order valence-corrected chi connectivity index (χ0v) is 13.6. The van der Waals surface area contributed by atoms with E-state index in [1.54, 1.807) is 0 Å². The molecule has 0 spiro atoms. The van der Waals surface area contributed by atoms with Gasteiger partial charge in [-0.3, -0.25) is 4.79 Å². The summed E-state index contributed by atoms with van der Waals surface area (Å²) in [5, 5.41) is 6.54. The van der Waals surface area contributed by atoms with Crippen molar-refractivity contribution in [1.82, 2.24) is 19.7 Å². The van der Waals surface area contributed by atoms with Crippen molar-refractivity contribution in [3.05, 3.63) is 46.8 Å². The number of hydrogen-bond donors (Lipinski definition) is 1. The predicted octanol–water partition coefficient (Wildman–Crippen LogP) is 1.63. The van der Waals surface area contributed by atoms with Crippen LogP contribution in [0.4, 0.5) is 26.3 Å². The van der Waals surface area contributed by atoms with Gasteiger partial charge in [-0.15, -0.1) is 10.2 Å². The second-order valence-corrected chi connectivity index (χ2v) is 6.02. The summed E-state index contributed by atoms with van der Waals surface area (Å²) in [5.74, 6) is -5.60. The molecule has 0 radical (unpaired) electrons. The number of carbonyl (C=O) groups excluding carboxylic acids is 1. The number of halogens is 6. The first-order valence-electron chi connectivity index (χ1n) is 7.75. The normalized spacial score (nSPS) is 15.6. The van der Waals surface area contributed by atoms with Crippen LogP contribution in [0.5, 0.6) is 0 Å². The van der Waals surface area contributed by atoms with Crippen LogP contribution in [0.3, 0.4) is 0 Å². The second-order valence-electron chi connectivity index (χ2n) is 6.02. The lowest BCUT2D eigenvalue weighted by molar-refractivity contribution is -0.148. The standard InChI is InChI=1S/C15H13F6N5O/c16-8-5-10(18)9(17)3-7(8)4-11(22)13(27)25-1-2-26-12(6-25)23-24-14(26)15(19,20)21/h3,5,11H,1-2,4,6,22H2. The molecular weight excluding hydrogens is 380 g/mol. The van der Waals surface area contributed by atoms with Crippen molar-refractivity contribution in [2.45, 2.75) is 31.7 Å². The lowest BCUT2D eigenvalue weighted by Gasteiger charge is -2.30. The van der Waals surface area contributed by atoms with E-state index in [9.17, 15) is 31.1 Å². The van der Waals surface area contributed by atoms with Crippen LogP contribution in [0.1, 0.15) is 17.2 Å². The summed E-state index contributed by atoms with van der Waals surface area (Å²) in [4.78, 5) is 13.6. The minimum atomic E-state index is -4.67. The summed E-state index contributed by atoms with van der Waals surface area (Å²) < 4.78 is 79.2. The van der Waals surface area contributed by atoms with Crippen molar-refractivity contribution < 1.29 is 31.1 Å². The Balaban J connectivity index is 1.72. The molecule has 12 heteroatoms. The molecule has 146 valence electrons. The largest absolute Gasteiger partial charge is 0.451 e. The Hall–Kier alpha value is -2.63. The predicted molar refractivity (Wildman–Crippen MR) is 78.4 cm³/mol. The smallest absolute Gasteiger partial charge is 0.332 e. The van der Waals surface area contributed by atoms with E-state index in [1.807, 2.05) is 0 Å². The van der Waals surface area contributed by atoms with Crippen molar-refractivity contribution in [1.29, 1.82) is 0 Å². The maximum Gasteiger partial charge on any atom is 0.451 e. The molecule has 0 bridgehead atoms. The van der Waals surface area contributed by atoms with E-state index in [-0.39, 0.29) is 31.0 Å². The van der Waals surface area contributed by atoms with Crippen LogP contribution >= 0.6 is 0 Å². The highest BCUT2D eigenvalue weighted by Crippen LogP contribution is 2.29. The van der Waals surface area contributed by atoms with Gasteiger partial charge in [-0.1, -0.05) is 0 Å². The van der Waals surface area contributed by atoms with Crippen LogP contribution in [0, 0.1) is 17.5 Å². The first kappa shape index (κ1) is 19.1. The average Bonchev–Trinajstić information content (AvgIpc) is 3.02.